The van der Waals surface area contributed by atoms with Gasteiger partial charge in [-0.1, -0.05) is 40.2 Å². The molecule has 88 valence electrons. The van der Waals surface area contributed by atoms with E-state index in [1.54, 1.807) is 0 Å². The van der Waals surface area contributed by atoms with E-state index in [1.807, 2.05) is 49.5 Å². The van der Waals surface area contributed by atoms with E-state index in [9.17, 15) is 0 Å². The molecule has 0 saturated heterocycles. The highest BCUT2D eigenvalue weighted by Gasteiger charge is 2.02. The van der Waals surface area contributed by atoms with E-state index >= 15 is 0 Å². The smallest absolute Gasteiger partial charge is 0.128 e. The molecule has 1 N–H and O–H groups in total. The van der Waals surface area contributed by atoms with E-state index < -0.39 is 0 Å². The summed E-state index contributed by atoms with van der Waals surface area (Å²) in [4.78, 5) is 0. The molecule has 2 aromatic carbocycles. The van der Waals surface area contributed by atoms with Crippen LogP contribution in [0.15, 0.2) is 53.0 Å². The summed E-state index contributed by atoms with van der Waals surface area (Å²) in [5.41, 5.74) is 1.22. The molecule has 0 heterocycles. The molecule has 2 nitrogen and oxygen atoms in total. The van der Waals surface area contributed by atoms with Crippen LogP contribution >= 0.6 is 15.9 Å². The summed E-state index contributed by atoms with van der Waals surface area (Å²) in [6.07, 6.45) is 0. The van der Waals surface area contributed by atoms with Crippen molar-refractivity contribution in [3.05, 3.63) is 58.6 Å². The van der Waals surface area contributed by atoms with Crippen molar-refractivity contribution < 1.29 is 4.74 Å². The molecule has 0 radical (unpaired) electrons. The van der Waals surface area contributed by atoms with Crippen LogP contribution in [0.1, 0.15) is 5.56 Å². The number of ether oxygens (including phenoxy) is 1. The third-order valence-corrected chi connectivity index (χ3v) is 3.11. The number of hydrogen-bond donors (Lipinski definition) is 1. The van der Waals surface area contributed by atoms with Crippen molar-refractivity contribution in [1.82, 2.24) is 5.32 Å². The molecule has 0 aromatic heterocycles. The highest BCUT2D eigenvalue weighted by atomic mass is 79.9. The van der Waals surface area contributed by atoms with Crippen LogP contribution in [0, 0.1) is 0 Å². The molecule has 0 atom stereocenters. The Morgan fingerprint density at radius 3 is 2.47 bits per heavy atom. The Morgan fingerprint density at radius 1 is 1.06 bits per heavy atom. The fourth-order valence-electron chi connectivity index (χ4n) is 1.55. The number of para-hydroxylation sites is 1. The van der Waals surface area contributed by atoms with Gasteiger partial charge >= 0.3 is 0 Å². The second-order valence-corrected chi connectivity index (χ2v) is 4.55. The van der Waals surface area contributed by atoms with Gasteiger partial charge in [0.1, 0.15) is 11.5 Å². The minimum Gasteiger partial charge on any atom is -0.457 e. The minimum absolute atomic E-state index is 0.836. The number of benzene rings is 2. The monoisotopic (exact) mass is 291 g/mol. The number of hydrogen-bond acceptors (Lipinski definition) is 2. The molecule has 3 heteroatoms. The Kier molecular flexibility index (Phi) is 4.18. The first kappa shape index (κ1) is 12.1. The molecule has 17 heavy (non-hydrogen) atoms. The zero-order chi connectivity index (χ0) is 12.1. The lowest BCUT2D eigenvalue weighted by molar-refractivity contribution is 0.482. The van der Waals surface area contributed by atoms with Crippen LogP contribution in [0.3, 0.4) is 0 Å². The van der Waals surface area contributed by atoms with E-state index in [4.69, 9.17) is 4.74 Å². The van der Waals surface area contributed by atoms with E-state index in [-0.39, 0.29) is 0 Å². The number of halogens is 1. The lowest BCUT2D eigenvalue weighted by Crippen LogP contribution is -2.05. The fourth-order valence-corrected chi connectivity index (χ4v) is 2.05. The van der Waals surface area contributed by atoms with Crippen LogP contribution in [0.25, 0.3) is 0 Å². The summed E-state index contributed by atoms with van der Waals surface area (Å²) in [6, 6.07) is 15.8. The first-order valence-electron chi connectivity index (χ1n) is 5.45. The van der Waals surface area contributed by atoms with Crippen LogP contribution in [-0.2, 0) is 6.54 Å². The maximum absolute atomic E-state index is 5.74. The predicted molar refractivity (Wildman–Crippen MR) is 73.4 cm³/mol. The molecule has 0 bridgehead atoms. The van der Waals surface area contributed by atoms with Crippen molar-refractivity contribution in [2.24, 2.45) is 0 Å². The highest BCUT2D eigenvalue weighted by Crippen LogP contribution is 2.26. The average molecular weight is 292 g/mol. The molecule has 0 amide bonds. The van der Waals surface area contributed by atoms with E-state index in [0.717, 1.165) is 22.5 Å². The Balaban J connectivity index is 2.15. The van der Waals surface area contributed by atoms with Crippen LogP contribution in [0.2, 0.25) is 0 Å². The lowest BCUT2D eigenvalue weighted by Gasteiger charge is -2.08. The normalized spacial score (nSPS) is 10.2. The van der Waals surface area contributed by atoms with Gasteiger partial charge in [-0.05, 0) is 36.9 Å². The molecule has 2 aromatic rings. The second-order valence-electron chi connectivity index (χ2n) is 3.70. The summed E-state index contributed by atoms with van der Waals surface area (Å²) in [6.45, 7) is 0.839. The Labute approximate surface area is 110 Å². The van der Waals surface area contributed by atoms with Crippen LogP contribution in [0.4, 0.5) is 0 Å². The zero-order valence-corrected chi connectivity index (χ0v) is 11.2. The largest absolute Gasteiger partial charge is 0.457 e. The topological polar surface area (TPSA) is 21.3 Å². The van der Waals surface area contributed by atoms with E-state index in [2.05, 4.69) is 27.3 Å². The summed E-state index contributed by atoms with van der Waals surface area (Å²) in [7, 11) is 1.93. The molecule has 0 saturated carbocycles. The van der Waals surface area contributed by atoms with Gasteiger partial charge in [0.15, 0.2) is 0 Å². The van der Waals surface area contributed by atoms with Crippen molar-refractivity contribution in [1.29, 1.82) is 0 Å². The van der Waals surface area contributed by atoms with E-state index in [0.29, 0.717) is 0 Å². The van der Waals surface area contributed by atoms with Crippen LogP contribution in [-0.4, -0.2) is 7.05 Å². The SMILES string of the molecule is CNCc1ccc(Oc2ccccc2)cc1Br. The summed E-state index contributed by atoms with van der Waals surface area (Å²) in [5, 5.41) is 3.12. The van der Waals surface area contributed by atoms with Crippen molar-refractivity contribution in [2.45, 2.75) is 6.54 Å². The van der Waals surface area contributed by atoms with Crippen LogP contribution in [0.5, 0.6) is 11.5 Å². The van der Waals surface area contributed by atoms with Gasteiger partial charge in [-0.3, -0.25) is 0 Å². The van der Waals surface area contributed by atoms with Gasteiger partial charge in [-0.15, -0.1) is 0 Å². The van der Waals surface area contributed by atoms with Gasteiger partial charge in [0.2, 0.25) is 0 Å². The first-order chi connectivity index (χ1) is 8.29. The van der Waals surface area contributed by atoms with Gasteiger partial charge in [0.05, 0.1) is 0 Å². The molecular weight excluding hydrogens is 278 g/mol. The average Bonchev–Trinajstić information content (AvgIpc) is 2.34. The van der Waals surface area contributed by atoms with Crippen molar-refractivity contribution in [2.75, 3.05) is 7.05 Å². The summed E-state index contributed by atoms with van der Waals surface area (Å²) in [5.74, 6) is 1.68. The molecule has 2 rings (SSSR count). The predicted octanol–water partition coefficient (Wildman–Crippen LogP) is 3.96. The first-order valence-corrected chi connectivity index (χ1v) is 6.25. The second kappa shape index (κ2) is 5.84. The van der Waals surface area contributed by atoms with Crippen molar-refractivity contribution in [3.8, 4) is 11.5 Å². The summed E-state index contributed by atoms with van der Waals surface area (Å²) < 4.78 is 6.80. The van der Waals surface area contributed by atoms with Crippen molar-refractivity contribution >= 4 is 15.9 Å². The third kappa shape index (κ3) is 3.32. The van der Waals surface area contributed by atoms with Crippen molar-refractivity contribution in [3.63, 3.8) is 0 Å². The number of nitrogens with one attached hydrogen (secondary N) is 1. The van der Waals surface area contributed by atoms with E-state index in [1.165, 1.54) is 5.56 Å². The van der Waals surface area contributed by atoms with Gasteiger partial charge < -0.3 is 10.1 Å². The highest BCUT2D eigenvalue weighted by molar-refractivity contribution is 9.10. The quantitative estimate of drug-likeness (QED) is 0.921. The molecule has 0 spiro atoms. The molecule has 0 aliphatic heterocycles. The molecule has 0 unspecified atom stereocenters. The van der Waals surface area contributed by atoms with Crippen LogP contribution < -0.4 is 10.1 Å². The van der Waals surface area contributed by atoms with Gasteiger partial charge in [0, 0.05) is 11.0 Å². The van der Waals surface area contributed by atoms with Gasteiger partial charge in [0.25, 0.3) is 0 Å². The minimum atomic E-state index is 0.836. The molecular formula is C14H14BrNO. The maximum atomic E-state index is 5.74. The van der Waals surface area contributed by atoms with Gasteiger partial charge in [-0.2, -0.15) is 0 Å². The standard InChI is InChI=1S/C14H14BrNO/c1-16-10-11-7-8-13(9-14(11)15)17-12-5-3-2-4-6-12/h2-9,16H,10H2,1H3. The Bertz CT molecular complexity index is 485. The molecule has 0 aliphatic carbocycles. The third-order valence-electron chi connectivity index (χ3n) is 2.37. The lowest BCUT2D eigenvalue weighted by atomic mass is 10.2. The molecule has 0 fully saturated rings. The Hall–Kier alpha value is -1.32. The summed E-state index contributed by atoms with van der Waals surface area (Å²) >= 11 is 3.54. The molecule has 0 aliphatic rings. The van der Waals surface area contributed by atoms with Gasteiger partial charge in [-0.25, -0.2) is 0 Å². The maximum Gasteiger partial charge on any atom is 0.128 e. The Morgan fingerprint density at radius 2 is 1.82 bits per heavy atom. The number of rotatable bonds is 4. The fraction of sp³-hybridized carbons (Fsp3) is 0.143. The zero-order valence-electron chi connectivity index (χ0n) is 9.61.